The zero-order valence-electron chi connectivity index (χ0n) is 25.5. The maximum absolute atomic E-state index is 15.2. The lowest BCUT2D eigenvalue weighted by Gasteiger charge is -2.50. The molecule has 0 radical (unpaired) electrons. The first kappa shape index (κ1) is 34.0. The van der Waals surface area contributed by atoms with Crippen molar-refractivity contribution in [1.29, 1.82) is 0 Å². The van der Waals surface area contributed by atoms with Gasteiger partial charge in [0.1, 0.15) is 5.69 Å². The monoisotopic (exact) mass is 746 g/mol. The van der Waals surface area contributed by atoms with E-state index in [1.54, 1.807) is 6.08 Å². The van der Waals surface area contributed by atoms with Gasteiger partial charge in [-0.05, 0) is 49.3 Å². The molecule has 0 spiro atoms. The highest BCUT2D eigenvalue weighted by atomic mass is 35.5. The molecule has 5 aliphatic rings. The maximum Gasteiger partial charge on any atom is 0.258 e. The summed E-state index contributed by atoms with van der Waals surface area (Å²) >= 11 is 20.6. The molecular weight excluding hydrogens is 722 g/mol. The van der Waals surface area contributed by atoms with E-state index >= 15 is 8.78 Å². The number of hydrogen-bond acceptors (Lipinski definition) is 6. The van der Waals surface area contributed by atoms with Crippen LogP contribution in [0.2, 0.25) is 5.02 Å². The molecule has 2 aliphatic heterocycles. The highest BCUT2D eigenvalue weighted by Crippen LogP contribution is 2.66. The van der Waals surface area contributed by atoms with E-state index in [4.69, 9.17) is 39.5 Å². The maximum atomic E-state index is 15.2. The third-order valence-corrected chi connectivity index (χ3v) is 12.5. The van der Waals surface area contributed by atoms with Crippen LogP contribution in [0.3, 0.4) is 0 Å². The van der Waals surface area contributed by atoms with Crippen LogP contribution in [0, 0.1) is 46.8 Å². The lowest BCUT2D eigenvalue weighted by atomic mass is 9.56. The molecule has 2 aromatic rings. The number of likely N-dealkylation sites (tertiary alicyclic amines) is 1. The van der Waals surface area contributed by atoms with Crippen LogP contribution >= 0.6 is 34.8 Å². The molecule has 4 amide bonds. The first-order chi connectivity index (χ1) is 23.1. The number of anilines is 1. The summed E-state index contributed by atoms with van der Waals surface area (Å²) in [6.07, 6.45) is 4.83. The minimum atomic E-state index is -2.72. The summed E-state index contributed by atoms with van der Waals surface area (Å²) in [6, 6.07) is 2.09. The second-order valence-corrected chi connectivity index (χ2v) is 14.7. The SMILES string of the molecule is COc1cc(C2C3=CCC4C(=O)N(C5CCCCC5)C(=O)C4C3CC3(Cl)C(=O)N(c4c(F)c(F)c(F)c(F)c4F)C(=O)C23Cl)cc(Cl)c1O. The number of methoxy groups -OCH3 is 1. The number of rotatable bonds is 4. The average Bonchev–Trinajstić information content (AvgIpc) is 3.42. The van der Waals surface area contributed by atoms with E-state index < -0.39 is 104 Å². The number of carbonyl (C=O) groups is 4. The number of carbonyl (C=O) groups excluding carboxylic acids is 4. The van der Waals surface area contributed by atoms with Gasteiger partial charge in [-0.15, -0.1) is 23.2 Å². The molecule has 2 saturated carbocycles. The van der Waals surface area contributed by atoms with Crippen molar-refractivity contribution >= 4 is 64.1 Å². The number of nitrogens with zero attached hydrogens (tertiary/aromatic N) is 2. The molecule has 16 heteroatoms. The molecule has 260 valence electrons. The summed E-state index contributed by atoms with van der Waals surface area (Å²) in [5.41, 5.74) is -1.59. The Hall–Kier alpha value is -3.42. The number of hydrogen-bond donors (Lipinski definition) is 1. The van der Waals surface area contributed by atoms with Crippen molar-refractivity contribution in [2.75, 3.05) is 12.0 Å². The third-order valence-electron chi connectivity index (χ3n) is 10.8. The Morgan fingerprint density at radius 3 is 2.08 bits per heavy atom. The summed E-state index contributed by atoms with van der Waals surface area (Å²) in [5.74, 6) is -21.6. The van der Waals surface area contributed by atoms with E-state index in [0.29, 0.717) is 12.8 Å². The van der Waals surface area contributed by atoms with Gasteiger partial charge in [-0.3, -0.25) is 24.1 Å². The van der Waals surface area contributed by atoms with Gasteiger partial charge in [0.25, 0.3) is 11.8 Å². The van der Waals surface area contributed by atoms with Gasteiger partial charge in [0, 0.05) is 12.0 Å². The van der Waals surface area contributed by atoms with Gasteiger partial charge in [0.15, 0.2) is 44.5 Å². The van der Waals surface area contributed by atoms with Crippen LogP contribution in [0.15, 0.2) is 23.8 Å². The van der Waals surface area contributed by atoms with Crippen molar-refractivity contribution in [3.63, 3.8) is 0 Å². The Labute approximate surface area is 290 Å². The largest absolute Gasteiger partial charge is 0.503 e. The molecule has 2 aromatic carbocycles. The first-order valence-corrected chi connectivity index (χ1v) is 16.7. The molecule has 6 atom stereocenters. The molecular formula is C33H26Cl3F5N2O6. The van der Waals surface area contributed by atoms with Gasteiger partial charge in [-0.1, -0.05) is 42.5 Å². The lowest BCUT2D eigenvalue weighted by Crippen LogP contribution is -2.60. The summed E-state index contributed by atoms with van der Waals surface area (Å²) < 4.78 is 78.5. The number of phenols is 1. The van der Waals surface area contributed by atoms with Crippen molar-refractivity contribution in [2.24, 2.45) is 17.8 Å². The fourth-order valence-electron chi connectivity index (χ4n) is 8.58. The Balaban J connectivity index is 1.44. The molecule has 0 bridgehead atoms. The summed E-state index contributed by atoms with van der Waals surface area (Å²) in [4.78, 5) is 52.3. The number of halogens is 8. The number of allylic oxidation sites excluding steroid dienone is 2. The van der Waals surface area contributed by atoms with Crippen LogP contribution in [0.1, 0.15) is 56.4 Å². The first-order valence-electron chi connectivity index (χ1n) is 15.5. The van der Waals surface area contributed by atoms with Crippen LogP contribution in [-0.4, -0.2) is 56.5 Å². The molecule has 0 aromatic heterocycles. The Bertz CT molecular complexity index is 1880. The number of phenolic OH excluding ortho intramolecular Hbond substituents is 1. The van der Waals surface area contributed by atoms with Gasteiger partial charge >= 0.3 is 0 Å². The van der Waals surface area contributed by atoms with Crippen LogP contribution < -0.4 is 9.64 Å². The van der Waals surface area contributed by atoms with E-state index in [-0.39, 0.29) is 39.3 Å². The van der Waals surface area contributed by atoms with Crippen molar-refractivity contribution in [1.82, 2.24) is 4.90 Å². The van der Waals surface area contributed by atoms with Crippen LogP contribution in [0.4, 0.5) is 27.6 Å². The Kier molecular flexibility index (Phi) is 8.03. The van der Waals surface area contributed by atoms with Gasteiger partial charge in [0.2, 0.25) is 17.6 Å². The van der Waals surface area contributed by atoms with Crippen molar-refractivity contribution in [2.45, 2.75) is 66.7 Å². The minimum absolute atomic E-state index is 0.00963. The van der Waals surface area contributed by atoms with Crippen molar-refractivity contribution < 1.29 is 51.0 Å². The van der Waals surface area contributed by atoms with E-state index in [2.05, 4.69) is 0 Å². The molecule has 2 heterocycles. The van der Waals surface area contributed by atoms with E-state index in [9.17, 15) is 37.5 Å². The standard InChI is InChI=1S/C33H26Cl3F5N2O6/c1-49-18-10-12(9-17(34)27(18)44)20-14-7-8-15-19(29(46)42(28(15)45)13-5-3-2-4-6-13)16(14)11-32(35)30(47)43(31(48)33(20,32)36)26-24(40)22(38)21(37)23(39)25(26)41/h7,9-10,13,15-16,19-20,44H,2-6,8,11H2,1H3. The second-order valence-electron chi connectivity index (χ2n) is 13.1. The number of alkyl halides is 2. The van der Waals surface area contributed by atoms with Crippen molar-refractivity contribution in [3.05, 3.63) is 63.5 Å². The number of amides is 4. The van der Waals surface area contributed by atoms with Gasteiger partial charge in [-0.2, -0.15) is 0 Å². The lowest BCUT2D eigenvalue weighted by molar-refractivity contribution is -0.143. The topological polar surface area (TPSA) is 104 Å². The smallest absolute Gasteiger partial charge is 0.258 e. The van der Waals surface area contributed by atoms with Crippen LogP contribution in [0.5, 0.6) is 11.5 Å². The second kappa shape index (κ2) is 11.6. The van der Waals surface area contributed by atoms with Crippen LogP contribution in [-0.2, 0) is 19.2 Å². The fraction of sp³-hybridized carbons (Fsp3) is 0.455. The average molecular weight is 748 g/mol. The van der Waals surface area contributed by atoms with Crippen LogP contribution in [0.25, 0.3) is 0 Å². The Morgan fingerprint density at radius 2 is 1.47 bits per heavy atom. The highest BCUT2D eigenvalue weighted by Gasteiger charge is 2.77. The predicted molar refractivity (Wildman–Crippen MR) is 165 cm³/mol. The van der Waals surface area contributed by atoms with Gasteiger partial charge in [0.05, 0.1) is 24.0 Å². The third kappa shape index (κ3) is 4.40. The number of aromatic hydroxyl groups is 1. The quantitative estimate of drug-likeness (QED) is 0.0940. The molecule has 3 aliphatic carbocycles. The zero-order chi connectivity index (χ0) is 35.5. The number of benzene rings is 2. The molecule has 1 N–H and O–H groups in total. The van der Waals surface area contributed by atoms with Gasteiger partial charge in [-0.25, -0.2) is 26.9 Å². The molecule has 8 nitrogen and oxygen atoms in total. The molecule has 7 rings (SSSR count). The molecule has 49 heavy (non-hydrogen) atoms. The number of fused-ring (bicyclic) bond motifs is 4. The van der Waals surface area contributed by atoms with E-state index in [1.165, 1.54) is 24.1 Å². The highest BCUT2D eigenvalue weighted by molar-refractivity contribution is 6.58. The molecule has 6 unspecified atom stereocenters. The van der Waals surface area contributed by atoms with E-state index in [0.717, 1.165) is 19.3 Å². The van der Waals surface area contributed by atoms with E-state index in [1.807, 2.05) is 0 Å². The fourth-order valence-corrected chi connectivity index (χ4v) is 9.73. The Morgan fingerprint density at radius 1 is 0.857 bits per heavy atom. The zero-order valence-corrected chi connectivity index (χ0v) is 27.7. The number of imide groups is 2. The van der Waals surface area contributed by atoms with Crippen molar-refractivity contribution in [3.8, 4) is 11.5 Å². The summed E-state index contributed by atoms with van der Waals surface area (Å²) in [6.45, 7) is 0. The number of ether oxygens (including phenoxy) is 1. The summed E-state index contributed by atoms with van der Waals surface area (Å²) in [5, 5.41) is 10.2. The minimum Gasteiger partial charge on any atom is -0.503 e. The predicted octanol–water partition coefficient (Wildman–Crippen LogP) is 6.65. The molecule has 4 fully saturated rings. The summed E-state index contributed by atoms with van der Waals surface area (Å²) in [7, 11) is 1.20. The normalized spacial score (nSPS) is 31.6. The van der Waals surface area contributed by atoms with Gasteiger partial charge < -0.3 is 9.84 Å². The molecule has 2 saturated heterocycles.